The van der Waals surface area contributed by atoms with E-state index in [1.54, 1.807) is 0 Å². The summed E-state index contributed by atoms with van der Waals surface area (Å²) in [5.74, 6) is -1.48. The standard InChI is InChI=1S/C35H68N2O4/c1-3-5-7-9-11-13-15-17-19-21-23-25-27-29-33(38)36-31-32(35(40)41)37-34(39)30-28-26-24-22-20-18-16-14-12-10-8-6-4-2/h32H,3-31H2,1-2H3,(H,36,38)(H,37,39)(H,40,41). The average Bonchev–Trinajstić information content (AvgIpc) is 2.95. The van der Waals surface area contributed by atoms with E-state index in [1.807, 2.05) is 0 Å². The first-order valence-corrected chi connectivity index (χ1v) is 17.8. The van der Waals surface area contributed by atoms with Crippen LogP contribution in [-0.2, 0) is 14.4 Å². The van der Waals surface area contributed by atoms with E-state index in [-0.39, 0.29) is 18.4 Å². The van der Waals surface area contributed by atoms with E-state index in [9.17, 15) is 19.5 Å². The van der Waals surface area contributed by atoms with Crippen molar-refractivity contribution in [2.75, 3.05) is 6.54 Å². The molecular weight excluding hydrogens is 512 g/mol. The van der Waals surface area contributed by atoms with Crippen molar-refractivity contribution < 1.29 is 19.5 Å². The smallest absolute Gasteiger partial charge is 0.328 e. The minimum Gasteiger partial charge on any atom is -0.480 e. The highest BCUT2D eigenvalue weighted by molar-refractivity contribution is 5.84. The average molecular weight is 581 g/mol. The van der Waals surface area contributed by atoms with Crippen molar-refractivity contribution in [3.63, 3.8) is 0 Å². The summed E-state index contributed by atoms with van der Waals surface area (Å²) >= 11 is 0. The van der Waals surface area contributed by atoms with Crippen molar-refractivity contribution in [2.45, 2.75) is 200 Å². The van der Waals surface area contributed by atoms with Crippen LogP contribution in [0.5, 0.6) is 0 Å². The van der Waals surface area contributed by atoms with Crippen molar-refractivity contribution >= 4 is 17.8 Å². The van der Waals surface area contributed by atoms with Crippen LogP contribution in [-0.4, -0.2) is 35.5 Å². The number of rotatable bonds is 32. The molecule has 0 aliphatic heterocycles. The van der Waals surface area contributed by atoms with Crippen LogP contribution in [0.1, 0.15) is 194 Å². The van der Waals surface area contributed by atoms with Gasteiger partial charge in [-0.25, -0.2) is 4.79 Å². The number of hydrogen-bond acceptors (Lipinski definition) is 3. The first-order chi connectivity index (χ1) is 20.0. The summed E-state index contributed by atoms with van der Waals surface area (Å²) in [4.78, 5) is 35.9. The van der Waals surface area contributed by atoms with Gasteiger partial charge in [-0.3, -0.25) is 9.59 Å². The van der Waals surface area contributed by atoms with Crippen LogP contribution in [0.25, 0.3) is 0 Å². The molecule has 0 aliphatic rings. The number of carbonyl (C=O) groups is 3. The predicted molar refractivity (Wildman–Crippen MR) is 173 cm³/mol. The molecule has 0 heterocycles. The molecule has 242 valence electrons. The Hall–Kier alpha value is -1.59. The van der Waals surface area contributed by atoms with E-state index in [4.69, 9.17) is 0 Å². The molecular formula is C35H68N2O4. The lowest BCUT2D eigenvalue weighted by Gasteiger charge is -2.15. The summed E-state index contributed by atoms with van der Waals surface area (Å²) in [5, 5.41) is 14.7. The Bertz CT molecular complexity index is 611. The van der Waals surface area contributed by atoms with Crippen LogP contribution in [0, 0.1) is 0 Å². The Morgan fingerprint density at radius 3 is 1.07 bits per heavy atom. The number of hydrogen-bond donors (Lipinski definition) is 3. The number of aliphatic carboxylic acids is 1. The molecule has 1 unspecified atom stereocenters. The van der Waals surface area contributed by atoms with Gasteiger partial charge in [-0.1, -0.05) is 168 Å². The second kappa shape index (κ2) is 31.3. The summed E-state index contributed by atoms with van der Waals surface area (Å²) in [6.07, 6.45) is 33.3. The number of carbonyl (C=O) groups excluding carboxylic acids is 2. The van der Waals surface area contributed by atoms with Crippen LogP contribution < -0.4 is 10.6 Å². The molecule has 6 heteroatoms. The third-order valence-electron chi connectivity index (χ3n) is 8.15. The van der Waals surface area contributed by atoms with Crippen molar-refractivity contribution in [1.82, 2.24) is 10.6 Å². The van der Waals surface area contributed by atoms with Gasteiger partial charge in [0.2, 0.25) is 11.8 Å². The fourth-order valence-corrected chi connectivity index (χ4v) is 5.38. The zero-order valence-electron chi connectivity index (χ0n) is 27.3. The predicted octanol–water partition coefficient (Wildman–Crippen LogP) is 9.63. The normalized spacial score (nSPS) is 11.9. The van der Waals surface area contributed by atoms with Crippen LogP contribution in [0.15, 0.2) is 0 Å². The molecule has 6 nitrogen and oxygen atoms in total. The number of unbranched alkanes of at least 4 members (excludes halogenated alkanes) is 24. The maximum absolute atomic E-state index is 12.2. The topological polar surface area (TPSA) is 95.5 Å². The Balaban J connectivity index is 3.66. The van der Waals surface area contributed by atoms with E-state index in [0.717, 1.165) is 38.5 Å². The second-order valence-corrected chi connectivity index (χ2v) is 12.2. The Kier molecular flexibility index (Phi) is 30.1. The van der Waals surface area contributed by atoms with Gasteiger partial charge in [0.15, 0.2) is 0 Å². The first-order valence-electron chi connectivity index (χ1n) is 17.8. The third kappa shape index (κ3) is 29.7. The first kappa shape index (κ1) is 39.4. The molecule has 3 N–H and O–H groups in total. The van der Waals surface area contributed by atoms with Crippen LogP contribution >= 0.6 is 0 Å². The summed E-state index contributed by atoms with van der Waals surface area (Å²) in [5.41, 5.74) is 0. The van der Waals surface area contributed by atoms with Gasteiger partial charge >= 0.3 is 5.97 Å². The lowest BCUT2D eigenvalue weighted by Crippen LogP contribution is -2.48. The highest BCUT2D eigenvalue weighted by atomic mass is 16.4. The summed E-state index contributed by atoms with van der Waals surface area (Å²) < 4.78 is 0. The third-order valence-corrected chi connectivity index (χ3v) is 8.15. The second-order valence-electron chi connectivity index (χ2n) is 12.2. The van der Waals surface area contributed by atoms with Crippen LogP contribution in [0.4, 0.5) is 0 Å². The molecule has 0 aliphatic carbocycles. The van der Waals surface area contributed by atoms with Crippen LogP contribution in [0.2, 0.25) is 0 Å². The van der Waals surface area contributed by atoms with Crippen molar-refractivity contribution in [3.05, 3.63) is 0 Å². The van der Waals surface area contributed by atoms with Gasteiger partial charge in [-0.2, -0.15) is 0 Å². The van der Waals surface area contributed by atoms with E-state index >= 15 is 0 Å². The molecule has 1 atom stereocenters. The summed E-state index contributed by atoms with van der Waals surface area (Å²) in [6, 6.07) is -1.07. The maximum atomic E-state index is 12.2. The maximum Gasteiger partial charge on any atom is 0.328 e. The van der Waals surface area contributed by atoms with Gasteiger partial charge in [0.05, 0.1) is 0 Å². The van der Waals surface area contributed by atoms with Crippen molar-refractivity contribution in [3.8, 4) is 0 Å². The highest BCUT2D eigenvalue weighted by Gasteiger charge is 2.20. The number of carboxylic acids is 1. The molecule has 0 saturated carbocycles. The molecule has 2 amide bonds. The minimum atomic E-state index is -1.11. The molecule has 0 aromatic heterocycles. The Morgan fingerprint density at radius 2 is 0.756 bits per heavy atom. The van der Waals surface area contributed by atoms with Gasteiger partial charge < -0.3 is 15.7 Å². The minimum absolute atomic E-state index is 0.0586. The fourth-order valence-electron chi connectivity index (χ4n) is 5.38. The molecule has 0 fully saturated rings. The molecule has 0 radical (unpaired) electrons. The SMILES string of the molecule is CCCCCCCCCCCCCCCC(=O)NCC(NC(=O)CCCCCCCCCCCCCCC)C(=O)O. The van der Waals surface area contributed by atoms with Gasteiger partial charge in [0.1, 0.15) is 6.04 Å². The highest BCUT2D eigenvalue weighted by Crippen LogP contribution is 2.14. The molecule has 0 spiro atoms. The van der Waals surface area contributed by atoms with Gasteiger partial charge in [-0.05, 0) is 12.8 Å². The number of amides is 2. The monoisotopic (exact) mass is 581 g/mol. The quantitative estimate of drug-likeness (QED) is 0.0690. The van der Waals surface area contributed by atoms with Gasteiger partial charge in [0, 0.05) is 19.4 Å². The van der Waals surface area contributed by atoms with Crippen molar-refractivity contribution in [2.24, 2.45) is 0 Å². The fraction of sp³-hybridized carbons (Fsp3) is 0.914. The van der Waals surface area contributed by atoms with Gasteiger partial charge in [-0.15, -0.1) is 0 Å². The van der Waals surface area contributed by atoms with E-state index in [2.05, 4.69) is 24.5 Å². The van der Waals surface area contributed by atoms with Gasteiger partial charge in [0.25, 0.3) is 0 Å². The Morgan fingerprint density at radius 1 is 0.463 bits per heavy atom. The molecule has 0 saturated heterocycles. The van der Waals surface area contributed by atoms with E-state index in [1.165, 1.54) is 128 Å². The molecule has 0 aromatic carbocycles. The lowest BCUT2D eigenvalue weighted by molar-refractivity contribution is -0.141. The molecule has 41 heavy (non-hydrogen) atoms. The lowest BCUT2D eigenvalue weighted by atomic mass is 10.0. The summed E-state index contributed by atoms with van der Waals surface area (Å²) in [7, 11) is 0. The van der Waals surface area contributed by atoms with E-state index in [0.29, 0.717) is 12.8 Å². The van der Waals surface area contributed by atoms with Crippen molar-refractivity contribution in [1.29, 1.82) is 0 Å². The largest absolute Gasteiger partial charge is 0.480 e. The number of nitrogens with one attached hydrogen (secondary N) is 2. The molecule has 0 bridgehead atoms. The molecule has 0 aromatic rings. The zero-order valence-corrected chi connectivity index (χ0v) is 27.3. The van der Waals surface area contributed by atoms with E-state index < -0.39 is 12.0 Å². The molecule has 0 rings (SSSR count). The Labute approximate surface area is 254 Å². The summed E-state index contributed by atoms with van der Waals surface area (Å²) in [6.45, 7) is 4.45. The number of carboxylic acid groups (broad SMARTS) is 1. The van der Waals surface area contributed by atoms with Crippen LogP contribution in [0.3, 0.4) is 0 Å². The zero-order chi connectivity index (χ0) is 30.2.